The molecule has 0 spiro atoms. The van der Waals surface area contributed by atoms with Crippen LogP contribution in [0, 0.1) is 0 Å². The molecule has 0 aliphatic rings. The second kappa shape index (κ2) is 9.19. The van der Waals surface area contributed by atoms with E-state index in [1.165, 1.54) is 12.3 Å². The highest BCUT2D eigenvalue weighted by Gasteiger charge is 2.22. The summed E-state index contributed by atoms with van der Waals surface area (Å²) in [5.74, 6) is -0.624. The third-order valence-electron chi connectivity index (χ3n) is 4.38. The molecule has 148 valence electrons. The fraction of sp³-hybridized carbons (Fsp3) is 0.450. The smallest absolute Gasteiger partial charge is 0.287 e. The summed E-state index contributed by atoms with van der Waals surface area (Å²) < 4.78 is 30.4. The van der Waals surface area contributed by atoms with Crippen molar-refractivity contribution in [2.45, 2.75) is 50.4 Å². The summed E-state index contributed by atoms with van der Waals surface area (Å²) in [6.45, 7) is 9.61. The predicted octanol–water partition coefficient (Wildman–Crippen LogP) is 3.10. The Morgan fingerprint density at radius 1 is 1.07 bits per heavy atom. The van der Waals surface area contributed by atoms with Crippen LogP contribution in [0.3, 0.4) is 0 Å². The van der Waals surface area contributed by atoms with Gasteiger partial charge < -0.3 is 9.73 Å². The fourth-order valence-electron chi connectivity index (χ4n) is 3.06. The van der Waals surface area contributed by atoms with Crippen LogP contribution in [0.5, 0.6) is 0 Å². The SMILES string of the molecule is CC(C)N(CCNC(=O)c1occc1CS(=O)(=O)c1ccccc1)C(C)C. The van der Waals surface area contributed by atoms with Gasteiger partial charge in [0.15, 0.2) is 15.6 Å². The standard InChI is InChI=1S/C20H28N2O4S/c1-15(2)22(16(3)4)12-11-21-20(23)19-17(10-13-26-19)14-27(24,25)18-8-6-5-7-9-18/h5-10,13,15-16H,11-12,14H2,1-4H3,(H,21,23). The first kappa shape index (κ1) is 21.2. The zero-order chi connectivity index (χ0) is 20.0. The number of nitrogens with zero attached hydrogens (tertiary/aromatic N) is 1. The third kappa shape index (κ3) is 5.68. The monoisotopic (exact) mass is 392 g/mol. The molecule has 2 aromatic rings. The number of sulfone groups is 1. The highest BCUT2D eigenvalue weighted by molar-refractivity contribution is 7.90. The van der Waals surface area contributed by atoms with Gasteiger partial charge in [0.25, 0.3) is 5.91 Å². The molecule has 1 amide bonds. The van der Waals surface area contributed by atoms with Crippen molar-refractivity contribution in [1.82, 2.24) is 10.2 Å². The summed E-state index contributed by atoms with van der Waals surface area (Å²) in [5, 5.41) is 2.82. The van der Waals surface area contributed by atoms with E-state index in [4.69, 9.17) is 4.42 Å². The zero-order valence-electron chi connectivity index (χ0n) is 16.3. The molecular weight excluding hydrogens is 364 g/mol. The number of benzene rings is 1. The minimum atomic E-state index is -3.54. The van der Waals surface area contributed by atoms with Crippen molar-refractivity contribution >= 4 is 15.7 Å². The Kier molecular flexibility index (Phi) is 7.21. The van der Waals surface area contributed by atoms with Crippen LogP contribution < -0.4 is 5.32 Å². The van der Waals surface area contributed by atoms with Crippen molar-refractivity contribution in [3.05, 3.63) is 54.0 Å². The molecule has 0 aliphatic heterocycles. The van der Waals surface area contributed by atoms with E-state index in [-0.39, 0.29) is 16.4 Å². The van der Waals surface area contributed by atoms with Gasteiger partial charge in [-0.15, -0.1) is 0 Å². The molecule has 2 rings (SSSR count). The minimum absolute atomic E-state index is 0.0511. The number of rotatable bonds is 9. The van der Waals surface area contributed by atoms with E-state index >= 15 is 0 Å². The lowest BCUT2D eigenvalue weighted by atomic mass is 10.2. The van der Waals surface area contributed by atoms with Crippen molar-refractivity contribution in [1.29, 1.82) is 0 Å². The van der Waals surface area contributed by atoms with Crippen LogP contribution in [0.15, 0.2) is 52.0 Å². The van der Waals surface area contributed by atoms with Crippen molar-refractivity contribution in [3.8, 4) is 0 Å². The molecule has 1 aromatic heterocycles. The fourth-order valence-corrected chi connectivity index (χ4v) is 4.43. The maximum Gasteiger partial charge on any atom is 0.287 e. The second-order valence-electron chi connectivity index (χ2n) is 7.03. The largest absolute Gasteiger partial charge is 0.459 e. The summed E-state index contributed by atoms with van der Waals surface area (Å²) in [6.07, 6.45) is 1.35. The molecule has 0 atom stereocenters. The maximum atomic E-state index is 12.5. The number of carbonyl (C=O) groups is 1. The molecule has 0 radical (unpaired) electrons. The van der Waals surface area contributed by atoms with Gasteiger partial charge in [-0.2, -0.15) is 0 Å². The summed E-state index contributed by atoms with van der Waals surface area (Å²) in [4.78, 5) is 14.9. The normalized spacial score (nSPS) is 12.1. The van der Waals surface area contributed by atoms with Crippen LogP contribution >= 0.6 is 0 Å². The van der Waals surface area contributed by atoms with E-state index in [0.29, 0.717) is 30.7 Å². The first-order chi connectivity index (χ1) is 12.7. The lowest BCUT2D eigenvalue weighted by Crippen LogP contribution is -2.42. The maximum absolute atomic E-state index is 12.5. The summed E-state index contributed by atoms with van der Waals surface area (Å²) in [5.41, 5.74) is 0.362. The van der Waals surface area contributed by atoms with Crippen LogP contribution in [0.25, 0.3) is 0 Å². The lowest BCUT2D eigenvalue weighted by molar-refractivity contribution is 0.0911. The molecule has 0 unspecified atom stereocenters. The van der Waals surface area contributed by atoms with Crippen molar-refractivity contribution in [2.75, 3.05) is 13.1 Å². The Morgan fingerprint density at radius 3 is 2.30 bits per heavy atom. The molecule has 0 saturated carbocycles. The molecule has 1 heterocycles. The quantitative estimate of drug-likeness (QED) is 0.709. The minimum Gasteiger partial charge on any atom is -0.459 e. The Morgan fingerprint density at radius 2 is 1.70 bits per heavy atom. The average Bonchev–Trinajstić information content (AvgIpc) is 3.06. The van der Waals surface area contributed by atoms with Gasteiger partial charge in [-0.3, -0.25) is 9.69 Å². The van der Waals surface area contributed by atoms with E-state index in [1.807, 2.05) is 0 Å². The molecule has 1 aromatic carbocycles. The number of nitrogens with one attached hydrogen (secondary N) is 1. The highest BCUT2D eigenvalue weighted by atomic mass is 32.2. The highest BCUT2D eigenvalue weighted by Crippen LogP contribution is 2.19. The molecule has 1 N–H and O–H groups in total. The van der Waals surface area contributed by atoms with Gasteiger partial charge >= 0.3 is 0 Å². The van der Waals surface area contributed by atoms with Crippen molar-refractivity contribution in [2.24, 2.45) is 0 Å². The molecule has 7 heteroatoms. The van der Waals surface area contributed by atoms with Crippen LogP contribution in [0.1, 0.15) is 43.8 Å². The van der Waals surface area contributed by atoms with Crippen LogP contribution in [-0.2, 0) is 15.6 Å². The van der Waals surface area contributed by atoms with Crippen molar-refractivity contribution < 1.29 is 17.6 Å². The molecule has 27 heavy (non-hydrogen) atoms. The van der Waals surface area contributed by atoms with Gasteiger partial charge in [-0.1, -0.05) is 18.2 Å². The number of amides is 1. The summed E-state index contributed by atoms with van der Waals surface area (Å²) in [6, 6.07) is 10.5. The lowest BCUT2D eigenvalue weighted by Gasteiger charge is -2.30. The molecule has 0 aliphatic carbocycles. The van der Waals surface area contributed by atoms with Gasteiger partial charge in [-0.05, 0) is 45.9 Å². The molecule has 0 fully saturated rings. The number of hydrogen-bond donors (Lipinski definition) is 1. The topological polar surface area (TPSA) is 79.6 Å². The number of carbonyl (C=O) groups excluding carboxylic acids is 1. The van der Waals surface area contributed by atoms with Gasteiger partial charge in [0.05, 0.1) is 16.9 Å². The van der Waals surface area contributed by atoms with Crippen LogP contribution in [0.4, 0.5) is 0 Å². The van der Waals surface area contributed by atoms with Gasteiger partial charge in [0.2, 0.25) is 0 Å². The summed E-state index contributed by atoms with van der Waals surface area (Å²) in [7, 11) is -3.54. The van der Waals surface area contributed by atoms with Gasteiger partial charge in [-0.25, -0.2) is 8.42 Å². The molecule has 6 nitrogen and oxygen atoms in total. The second-order valence-corrected chi connectivity index (χ2v) is 9.02. The van der Waals surface area contributed by atoms with Crippen LogP contribution in [0.2, 0.25) is 0 Å². The predicted molar refractivity (Wildman–Crippen MR) is 105 cm³/mol. The van der Waals surface area contributed by atoms with Gasteiger partial charge in [0, 0.05) is 30.7 Å². The Balaban J connectivity index is 2.03. The van der Waals surface area contributed by atoms with E-state index in [9.17, 15) is 13.2 Å². The van der Waals surface area contributed by atoms with E-state index < -0.39 is 15.7 Å². The summed E-state index contributed by atoms with van der Waals surface area (Å²) >= 11 is 0. The van der Waals surface area contributed by atoms with Crippen molar-refractivity contribution in [3.63, 3.8) is 0 Å². The first-order valence-electron chi connectivity index (χ1n) is 9.10. The molecule has 0 saturated heterocycles. The zero-order valence-corrected chi connectivity index (χ0v) is 17.1. The van der Waals surface area contributed by atoms with E-state index in [1.54, 1.807) is 30.3 Å². The van der Waals surface area contributed by atoms with Crippen LogP contribution in [-0.4, -0.2) is 44.4 Å². The Labute approximate surface area is 161 Å². The average molecular weight is 393 g/mol. The Hall–Kier alpha value is -2.12. The van der Waals surface area contributed by atoms with E-state index in [2.05, 4.69) is 37.9 Å². The Bertz CT molecular complexity index is 834. The number of hydrogen-bond acceptors (Lipinski definition) is 5. The molecular formula is C20H28N2O4S. The van der Waals surface area contributed by atoms with Gasteiger partial charge in [0.1, 0.15) is 0 Å². The number of furan rings is 1. The third-order valence-corrected chi connectivity index (χ3v) is 6.06. The molecule has 0 bridgehead atoms. The van der Waals surface area contributed by atoms with E-state index in [0.717, 1.165) is 0 Å². The first-order valence-corrected chi connectivity index (χ1v) is 10.8.